The predicted molar refractivity (Wildman–Crippen MR) is 41.8 cm³/mol. The molecule has 1 heterocycles. The monoisotopic (exact) mass is 191 g/mol. The van der Waals surface area contributed by atoms with Crippen molar-refractivity contribution in [1.29, 1.82) is 0 Å². The van der Waals surface area contributed by atoms with Gasteiger partial charge in [-0.1, -0.05) is 11.6 Å². The molecule has 1 atom stereocenters. The number of halogens is 1. The molecule has 0 fully saturated rings. The first-order valence-electron chi connectivity index (χ1n) is 2.66. The zero-order valence-electron chi connectivity index (χ0n) is 5.28. The van der Waals surface area contributed by atoms with E-state index in [1.807, 2.05) is 0 Å². The minimum Gasteiger partial charge on any atom is -0.755 e. The van der Waals surface area contributed by atoms with Crippen molar-refractivity contribution in [1.82, 2.24) is 4.98 Å². The average molecular weight is 192 g/mol. The normalized spacial score (nSPS) is 12.5. The quantitative estimate of drug-likeness (QED) is 0.708. The molecule has 11 heavy (non-hydrogen) atoms. The molecule has 0 aliphatic rings. The summed E-state index contributed by atoms with van der Waals surface area (Å²) >= 11 is 3.18. The van der Waals surface area contributed by atoms with Crippen molar-refractivity contribution >= 4 is 28.7 Å². The highest BCUT2D eigenvalue weighted by molar-refractivity contribution is 7.80. The van der Waals surface area contributed by atoms with Gasteiger partial charge in [0.2, 0.25) is 0 Å². The fourth-order valence-corrected chi connectivity index (χ4v) is 0.925. The van der Waals surface area contributed by atoms with E-state index in [0.717, 1.165) is 0 Å². The van der Waals surface area contributed by atoms with Crippen LogP contribution in [0, 0.1) is 0 Å². The van der Waals surface area contributed by atoms with Gasteiger partial charge in [0.25, 0.3) is 0 Å². The lowest BCUT2D eigenvalue weighted by Crippen LogP contribution is -2.03. The van der Waals surface area contributed by atoms with Crippen LogP contribution in [-0.4, -0.2) is 13.7 Å². The highest BCUT2D eigenvalue weighted by Crippen LogP contribution is 2.09. The average Bonchev–Trinajstić information content (AvgIpc) is 1.93. The van der Waals surface area contributed by atoms with Gasteiger partial charge in [-0.2, -0.15) is 0 Å². The number of hydrogen-bond acceptors (Lipinski definition) is 3. The molecule has 0 aromatic carbocycles. The van der Waals surface area contributed by atoms with E-state index in [1.54, 1.807) is 6.07 Å². The lowest BCUT2D eigenvalue weighted by atomic mass is 10.5. The van der Waals surface area contributed by atoms with E-state index in [0.29, 0.717) is 5.02 Å². The number of nitrogens with zero attached hydrogens (tertiary/aromatic N) is 1. The van der Waals surface area contributed by atoms with Crippen molar-refractivity contribution in [3.8, 4) is 0 Å². The standard InChI is InChI=1S/C5H5ClN2O2S/c6-4-1-2-5(7-3-4)8-11(9)10/h1-3H,(H,7,8)(H,9,10)/p-1. The Morgan fingerprint density at radius 3 is 2.82 bits per heavy atom. The van der Waals surface area contributed by atoms with Crippen molar-refractivity contribution in [2.75, 3.05) is 4.72 Å². The molecule has 1 N–H and O–H groups in total. The van der Waals surface area contributed by atoms with E-state index < -0.39 is 11.3 Å². The molecule has 4 nitrogen and oxygen atoms in total. The van der Waals surface area contributed by atoms with Crippen molar-refractivity contribution in [2.24, 2.45) is 0 Å². The smallest absolute Gasteiger partial charge is 0.136 e. The van der Waals surface area contributed by atoms with E-state index >= 15 is 0 Å². The Morgan fingerprint density at radius 1 is 1.64 bits per heavy atom. The number of anilines is 1. The van der Waals surface area contributed by atoms with Crippen LogP contribution < -0.4 is 4.72 Å². The Morgan fingerprint density at radius 2 is 2.36 bits per heavy atom. The summed E-state index contributed by atoms with van der Waals surface area (Å²) < 4.78 is 22.2. The summed E-state index contributed by atoms with van der Waals surface area (Å²) in [7, 11) is 0. The zero-order chi connectivity index (χ0) is 8.27. The molecule has 0 saturated heterocycles. The summed E-state index contributed by atoms with van der Waals surface area (Å²) in [5, 5.41) is 0.465. The van der Waals surface area contributed by atoms with Crippen LogP contribution in [0.1, 0.15) is 0 Å². The van der Waals surface area contributed by atoms with Gasteiger partial charge in [0, 0.05) is 17.5 Å². The van der Waals surface area contributed by atoms with Crippen LogP contribution in [0.2, 0.25) is 5.02 Å². The molecule has 0 aliphatic heterocycles. The topological polar surface area (TPSA) is 65.0 Å². The van der Waals surface area contributed by atoms with Crippen molar-refractivity contribution in [3.05, 3.63) is 23.4 Å². The SMILES string of the molecule is O=S([O-])Nc1ccc(Cl)cn1. The molecule has 60 valence electrons. The molecule has 0 aliphatic carbocycles. The van der Waals surface area contributed by atoms with Gasteiger partial charge in [0.05, 0.1) is 5.02 Å². The summed E-state index contributed by atoms with van der Waals surface area (Å²) in [6.45, 7) is 0. The molecular formula is C5H4ClN2O2S-. The molecule has 1 rings (SSSR count). The van der Waals surface area contributed by atoms with Crippen molar-refractivity contribution in [2.45, 2.75) is 0 Å². The number of nitrogens with one attached hydrogen (secondary N) is 1. The van der Waals surface area contributed by atoms with Crippen LogP contribution in [0.3, 0.4) is 0 Å². The second kappa shape index (κ2) is 3.66. The molecule has 1 aromatic rings. The molecule has 0 amide bonds. The summed E-state index contributed by atoms with van der Waals surface area (Å²) in [5.41, 5.74) is 0. The molecule has 0 saturated carbocycles. The number of pyridine rings is 1. The zero-order valence-corrected chi connectivity index (χ0v) is 6.85. The Labute approximate surface area is 71.0 Å². The van der Waals surface area contributed by atoms with Crippen LogP contribution in [0.5, 0.6) is 0 Å². The number of hydrogen-bond donors (Lipinski definition) is 1. The van der Waals surface area contributed by atoms with Crippen LogP contribution >= 0.6 is 11.6 Å². The fraction of sp³-hybridized carbons (Fsp3) is 0. The molecule has 1 unspecified atom stereocenters. The molecular weight excluding hydrogens is 188 g/mol. The second-order valence-corrected chi connectivity index (χ2v) is 2.81. The first-order chi connectivity index (χ1) is 5.18. The fourth-order valence-electron chi connectivity index (χ4n) is 0.522. The predicted octanol–water partition coefficient (Wildman–Crippen LogP) is 0.941. The van der Waals surface area contributed by atoms with Crippen LogP contribution in [0.15, 0.2) is 18.3 Å². The van der Waals surface area contributed by atoms with E-state index in [1.165, 1.54) is 12.3 Å². The second-order valence-electron chi connectivity index (χ2n) is 1.70. The van der Waals surface area contributed by atoms with E-state index in [2.05, 4.69) is 9.71 Å². The summed E-state index contributed by atoms with van der Waals surface area (Å²) in [6, 6.07) is 3.02. The first kappa shape index (κ1) is 8.45. The van der Waals surface area contributed by atoms with Crippen LogP contribution in [0.25, 0.3) is 0 Å². The van der Waals surface area contributed by atoms with Gasteiger partial charge in [-0.05, 0) is 12.1 Å². The van der Waals surface area contributed by atoms with Gasteiger partial charge in [0.15, 0.2) is 0 Å². The third-order valence-electron chi connectivity index (χ3n) is 0.915. The first-order valence-corrected chi connectivity index (χ1v) is 4.11. The maximum atomic E-state index is 10.1. The van der Waals surface area contributed by atoms with Gasteiger partial charge < -0.3 is 9.27 Å². The molecule has 6 heteroatoms. The molecule has 0 bridgehead atoms. The van der Waals surface area contributed by atoms with Crippen LogP contribution in [0.4, 0.5) is 5.82 Å². The summed E-state index contributed by atoms with van der Waals surface area (Å²) in [6.07, 6.45) is 1.36. The van der Waals surface area contributed by atoms with Gasteiger partial charge in [0.1, 0.15) is 5.82 Å². The van der Waals surface area contributed by atoms with Gasteiger partial charge in [-0.3, -0.25) is 4.21 Å². The van der Waals surface area contributed by atoms with Crippen molar-refractivity contribution < 1.29 is 8.76 Å². The summed E-state index contributed by atoms with van der Waals surface area (Å²) in [5.74, 6) is 0.253. The maximum absolute atomic E-state index is 10.1. The van der Waals surface area contributed by atoms with Gasteiger partial charge >= 0.3 is 0 Å². The van der Waals surface area contributed by atoms with Crippen LogP contribution in [-0.2, 0) is 11.3 Å². The number of aromatic nitrogens is 1. The Kier molecular flexibility index (Phi) is 2.81. The largest absolute Gasteiger partial charge is 0.755 e. The Bertz CT molecular complexity index is 264. The summed E-state index contributed by atoms with van der Waals surface area (Å²) in [4.78, 5) is 3.68. The van der Waals surface area contributed by atoms with E-state index in [9.17, 15) is 8.76 Å². The minimum absolute atomic E-state index is 0.253. The molecule has 0 radical (unpaired) electrons. The van der Waals surface area contributed by atoms with E-state index in [-0.39, 0.29) is 5.82 Å². The highest BCUT2D eigenvalue weighted by Gasteiger charge is 1.91. The highest BCUT2D eigenvalue weighted by atomic mass is 35.5. The van der Waals surface area contributed by atoms with Gasteiger partial charge in [-0.25, -0.2) is 4.98 Å². The maximum Gasteiger partial charge on any atom is 0.136 e. The van der Waals surface area contributed by atoms with Gasteiger partial charge in [-0.15, -0.1) is 0 Å². The number of rotatable bonds is 2. The van der Waals surface area contributed by atoms with Crippen molar-refractivity contribution in [3.63, 3.8) is 0 Å². The lowest BCUT2D eigenvalue weighted by Gasteiger charge is -2.06. The lowest BCUT2D eigenvalue weighted by molar-refractivity contribution is 0.542. The molecule has 1 aromatic heterocycles. The Hall–Kier alpha value is -0.650. The third kappa shape index (κ3) is 2.83. The minimum atomic E-state index is -2.33. The molecule has 0 spiro atoms. The Balaban J connectivity index is 2.74. The van der Waals surface area contributed by atoms with E-state index in [4.69, 9.17) is 11.6 Å². The third-order valence-corrected chi connectivity index (χ3v) is 1.51.